The maximum Gasteiger partial charge on any atom is 0.270 e. The molecule has 128 valence electrons. The van der Waals surface area contributed by atoms with Crippen molar-refractivity contribution in [3.05, 3.63) is 71.8 Å². The van der Waals surface area contributed by atoms with E-state index in [1.165, 1.54) is 17.3 Å². The number of carbonyl (C=O) groups is 1. The SMILES string of the molecule is Cc1cc(C)cc(-c2ccc(-n3cncc3C(=O)NCCF)cc2)c1. The molecule has 0 radical (unpaired) electrons. The number of amides is 1. The lowest BCUT2D eigenvalue weighted by Crippen LogP contribution is -2.27. The summed E-state index contributed by atoms with van der Waals surface area (Å²) >= 11 is 0. The van der Waals surface area contributed by atoms with Gasteiger partial charge in [0.1, 0.15) is 12.4 Å². The predicted molar refractivity (Wildman–Crippen MR) is 96.8 cm³/mol. The van der Waals surface area contributed by atoms with Gasteiger partial charge in [0.25, 0.3) is 5.91 Å². The molecule has 2 aromatic carbocycles. The molecule has 0 atom stereocenters. The first kappa shape index (κ1) is 16.9. The number of benzene rings is 2. The average Bonchev–Trinajstić information content (AvgIpc) is 3.09. The van der Waals surface area contributed by atoms with E-state index in [-0.39, 0.29) is 12.5 Å². The standard InChI is InChI=1S/C20H20FN3O/c1-14-9-15(2)11-17(10-14)16-3-5-18(6-4-16)24-13-22-12-19(24)20(25)23-8-7-21/h3-6,9-13H,7-8H2,1-2H3,(H,23,25). The van der Waals surface area contributed by atoms with Gasteiger partial charge in [-0.3, -0.25) is 9.36 Å². The first-order valence-electron chi connectivity index (χ1n) is 8.14. The molecule has 4 nitrogen and oxygen atoms in total. The molecular weight excluding hydrogens is 317 g/mol. The lowest BCUT2D eigenvalue weighted by molar-refractivity contribution is 0.0944. The minimum absolute atomic E-state index is 0.00431. The molecule has 0 spiro atoms. The van der Waals surface area contributed by atoms with E-state index < -0.39 is 6.67 Å². The van der Waals surface area contributed by atoms with Crippen LogP contribution >= 0.6 is 0 Å². The smallest absolute Gasteiger partial charge is 0.270 e. The van der Waals surface area contributed by atoms with Crippen molar-refractivity contribution < 1.29 is 9.18 Å². The van der Waals surface area contributed by atoms with Crippen LogP contribution in [0, 0.1) is 13.8 Å². The number of hydrogen-bond donors (Lipinski definition) is 1. The second kappa shape index (κ2) is 7.30. The summed E-state index contributed by atoms with van der Waals surface area (Å²) in [6.07, 6.45) is 3.06. The summed E-state index contributed by atoms with van der Waals surface area (Å²) in [5.74, 6) is -0.339. The summed E-state index contributed by atoms with van der Waals surface area (Å²) in [6.45, 7) is 3.57. The van der Waals surface area contributed by atoms with Crippen LogP contribution < -0.4 is 5.32 Å². The maximum atomic E-state index is 12.2. The Kier molecular flexibility index (Phi) is 4.93. The molecule has 1 N–H and O–H groups in total. The van der Waals surface area contributed by atoms with Gasteiger partial charge in [-0.05, 0) is 37.1 Å². The van der Waals surface area contributed by atoms with Crippen LogP contribution in [0.2, 0.25) is 0 Å². The summed E-state index contributed by atoms with van der Waals surface area (Å²) in [7, 11) is 0. The predicted octanol–water partition coefficient (Wildman–Crippen LogP) is 3.86. The second-order valence-corrected chi connectivity index (χ2v) is 6.02. The summed E-state index contributed by atoms with van der Waals surface area (Å²) in [5, 5.41) is 2.52. The van der Waals surface area contributed by atoms with Crippen molar-refractivity contribution >= 4 is 5.91 Å². The van der Waals surface area contributed by atoms with E-state index in [1.54, 1.807) is 10.9 Å². The highest BCUT2D eigenvalue weighted by atomic mass is 19.1. The van der Waals surface area contributed by atoms with Crippen molar-refractivity contribution in [3.8, 4) is 16.8 Å². The summed E-state index contributed by atoms with van der Waals surface area (Å²) in [4.78, 5) is 16.1. The van der Waals surface area contributed by atoms with Crippen molar-refractivity contribution in [2.24, 2.45) is 0 Å². The Balaban J connectivity index is 1.88. The van der Waals surface area contributed by atoms with Crippen LogP contribution in [0.1, 0.15) is 21.6 Å². The minimum Gasteiger partial charge on any atom is -0.348 e. The number of aryl methyl sites for hydroxylation is 2. The number of nitrogens with one attached hydrogen (secondary N) is 1. The third-order valence-electron chi connectivity index (χ3n) is 3.95. The highest BCUT2D eigenvalue weighted by molar-refractivity contribution is 5.93. The number of rotatable bonds is 5. The van der Waals surface area contributed by atoms with Crippen LogP contribution in [-0.4, -0.2) is 28.7 Å². The fourth-order valence-corrected chi connectivity index (χ4v) is 2.88. The highest BCUT2D eigenvalue weighted by Crippen LogP contribution is 2.24. The van der Waals surface area contributed by atoms with Crippen molar-refractivity contribution in [2.45, 2.75) is 13.8 Å². The number of hydrogen-bond acceptors (Lipinski definition) is 2. The van der Waals surface area contributed by atoms with Gasteiger partial charge in [0.05, 0.1) is 12.5 Å². The van der Waals surface area contributed by atoms with Crippen molar-refractivity contribution in [2.75, 3.05) is 13.2 Å². The highest BCUT2D eigenvalue weighted by Gasteiger charge is 2.12. The number of carbonyl (C=O) groups excluding carboxylic acids is 1. The average molecular weight is 337 g/mol. The van der Waals surface area contributed by atoms with Crippen LogP contribution in [0.25, 0.3) is 16.8 Å². The van der Waals surface area contributed by atoms with Crippen LogP contribution in [0.3, 0.4) is 0 Å². The van der Waals surface area contributed by atoms with Gasteiger partial charge >= 0.3 is 0 Å². The van der Waals surface area contributed by atoms with Gasteiger partial charge in [0.2, 0.25) is 0 Å². The number of imidazole rings is 1. The van der Waals surface area contributed by atoms with Crippen LogP contribution in [0.4, 0.5) is 4.39 Å². The van der Waals surface area contributed by atoms with Gasteiger partial charge in [-0.2, -0.15) is 0 Å². The summed E-state index contributed by atoms with van der Waals surface area (Å²) < 4.78 is 13.9. The molecule has 0 aliphatic carbocycles. The summed E-state index contributed by atoms with van der Waals surface area (Å²) in [5.41, 5.74) is 5.93. The minimum atomic E-state index is -0.593. The Bertz CT molecular complexity index is 864. The fraction of sp³-hybridized carbons (Fsp3) is 0.200. The lowest BCUT2D eigenvalue weighted by atomic mass is 10.0. The second-order valence-electron chi connectivity index (χ2n) is 6.02. The van der Waals surface area contributed by atoms with E-state index in [9.17, 15) is 9.18 Å². The Morgan fingerprint density at radius 2 is 1.76 bits per heavy atom. The topological polar surface area (TPSA) is 46.9 Å². The van der Waals surface area contributed by atoms with Crippen molar-refractivity contribution in [3.63, 3.8) is 0 Å². The molecule has 0 saturated carbocycles. The molecule has 0 unspecified atom stereocenters. The van der Waals surface area contributed by atoms with E-state index in [0.717, 1.165) is 16.8 Å². The van der Waals surface area contributed by atoms with Crippen LogP contribution in [-0.2, 0) is 0 Å². The Labute approximate surface area is 146 Å². The lowest BCUT2D eigenvalue weighted by Gasteiger charge is -2.10. The van der Waals surface area contributed by atoms with E-state index in [2.05, 4.69) is 42.3 Å². The van der Waals surface area contributed by atoms with Gasteiger partial charge in [0.15, 0.2) is 0 Å². The van der Waals surface area contributed by atoms with Gasteiger partial charge in [-0.25, -0.2) is 9.37 Å². The first-order valence-corrected chi connectivity index (χ1v) is 8.14. The number of aromatic nitrogens is 2. The van der Waals surface area contributed by atoms with E-state index in [0.29, 0.717) is 5.69 Å². The number of alkyl halides is 1. The molecule has 1 aromatic heterocycles. The molecule has 25 heavy (non-hydrogen) atoms. The van der Waals surface area contributed by atoms with E-state index >= 15 is 0 Å². The molecule has 0 saturated heterocycles. The quantitative estimate of drug-likeness (QED) is 0.768. The Morgan fingerprint density at radius 3 is 2.40 bits per heavy atom. The maximum absolute atomic E-state index is 12.2. The van der Waals surface area contributed by atoms with Crippen molar-refractivity contribution in [1.82, 2.24) is 14.9 Å². The molecule has 5 heteroatoms. The fourth-order valence-electron chi connectivity index (χ4n) is 2.88. The van der Waals surface area contributed by atoms with Crippen LogP contribution in [0.15, 0.2) is 55.0 Å². The monoisotopic (exact) mass is 337 g/mol. The largest absolute Gasteiger partial charge is 0.348 e. The number of halogens is 1. The van der Waals surface area contributed by atoms with Gasteiger partial charge in [0, 0.05) is 12.2 Å². The number of nitrogens with zero attached hydrogens (tertiary/aromatic N) is 2. The summed E-state index contributed by atoms with van der Waals surface area (Å²) in [6, 6.07) is 14.4. The molecule has 3 aromatic rings. The molecule has 3 rings (SSSR count). The van der Waals surface area contributed by atoms with Crippen LogP contribution in [0.5, 0.6) is 0 Å². The van der Waals surface area contributed by atoms with Gasteiger partial charge in [-0.1, -0.05) is 41.5 Å². The molecule has 0 bridgehead atoms. The molecular formula is C20H20FN3O. The Morgan fingerprint density at radius 1 is 1.08 bits per heavy atom. The van der Waals surface area contributed by atoms with Gasteiger partial charge in [-0.15, -0.1) is 0 Å². The molecule has 1 heterocycles. The molecule has 0 aliphatic rings. The molecule has 0 aliphatic heterocycles. The van der Waals surface area contributed by atoms with Crippen molar-refractivity contribution in [1.29, 1.82) is 0 Å². The normalized spacial score (nSPS) is 10.7. The zero-order chi connectivity index (χ0) is 17.8. The van der Waals surface area contributed by atoms with Gasteiger partial charge < -0.3 is 5.32 Å². The molecule has 0 fully saturated rings. The zero-order valence-corrected chi connectivity index (χ0v) is 14.3. The third kappa shape index (κ3) is 3.76. The Hall–Kier alpha value is -2.95. The van der Waals surface area contributed by atoms with E-state index in [1.807, 2.05) is 24.3 Å². The molecule has 1 amide bonds. The first-order chi connectivity index (χ1) is 12.1. The third-order valence-corrected chi connectivity index (χ3v) is 3.95. The zero-order valence-electron chi connectivity index (χ0n) is 14.3. The van der Waals surface area contributed by atoms with E-state index in [4.69, 9.17) is 0 Å².